The van der Waals surface area contributed by atoms with Gasteiger partial charge in [0.15, 0.2) is 11.6 Å². The van der Waals surface area contributed by atoms with Crippen molar-refractivity contribution in [3.8, 4) is 11.6 Å². The molecule has 0 spiro atoms. The van der Waals surface area contributed by atoms with Crippen LogP contribution in [0.4, 0.5) is 4.39 Å². The van der Waals surface area contributed by atoms with Crippen molar-refractivity contribution in [3.63, 3.8) is 0 Å². The second kappa shape index (κ2) is 3.21. The zero-order chi connectivity index (χ0) is 9.26. The van der Waals surface area contributed by atoms with E-state index in [1.54, 1.807) is 12.4 Å². The molecule has 2 heterocycles. The first-order chi connectivity index (χ1) is 6.27. The maximum Gasteiger partial charge on any atom is 0.230 e. The normalized spacial score (nSPS) is 10.3. The lowest BCUT2D eigenvalue weighted by molar-refractivity contribution is 0.573. The topological polar surface area (TPSA) is 54.5 Å². The van der Waals surface area contributed by atoms with E-state index in [1.165, 1.54) is 6.20 Å². The number of hydrogen-bond acceptors (Lipinski definition) is 3. The van der Waals surface area contributed by atoms with E-state index in [2.05, 4.69) is 35.9 Å². The van der Waals surface area contributed by atoms with E-state index >= 15 is 0 Å². The minimum atomic E-state index is -0.596. The lowest BCUT2D eigenvalue weighted by Crippen LogP contribution is -1.94. The molecule has 4 nitrogen and oxygen atoms in total. The van der Waals surface area contributed by atoms with Crippen LogP contribution in [0.1, 0.15) is 0 Å². The molecule has 0 amide bonds. The summed E-state index contributed by atoms with van der Waals surface area (Å²) in [7, 11) is 0. The highest BCUT2D eigenvalue weighted by atomic mass is 79.9. The minimum absolute atomic E-state index is 0.239. The molecule has 0 aliphatic heterocycles. The molecule has 2 aromatic heterocycles. The fourth-order valence-electron chi connectivity index (χ4n) is 0.848. The summed E-state index contributed by atoms with van der Waals surface area (Å²) >= 11 is 2.96. The molecular formula is C7H4BrFN4. The third-order valence-corrected chi connectivity index (χ3v) is 1.94. The monoisotopic (exact) mass is 242 g/mol. The van der Waals surface area contributed by atoms with Crippen molar-refractivity contribution in [1.29, 1.82) is 0 Å². The van der Waals surface area contributed by atoms with Crippen molar-refractivity contribution >= 4 is 15.9 Å². The van der Waals surface area contributed by atoms with Gasteiger partial charge in [-0.3, -0.25) is 0 Å². The Kier molecular flexibility index (Phi) is 2.05. The molecule has 0 aliphatic rings. The standard InChI is InChI=1S/C7H4BrFN4/c8-4-3-12-7(13-5(4)9)6-10-1-2-11-6/h1-3H,(H,10,11). The third-order valence-electron chi connectivity index (χ3n) is 1.41. The summed E-state index contributed by atoms with van der Waals surface area (Å²) < 4.78 is 13.2. The van der Waals surface area contributed by atoms with Crippen LogP contribution in [0.3, 0.4) is 0 Å². The lowest BCUT2D eigenvalue weighted by Gasteiger charge is -1.95. The Balaban J connectivity index is 2.49. The summed E-state index contributed by atoms with van der Waals surface area (Å²) in [6, 6.07) is 0. The smallest absolute Gasteiger partial charge is 0.230 e. The Labute approximate surface area is 81.4 Å². The molecule has 0 atom stereocenters. The van der Waals surface area contributed by atoms with Crippen molar-refractivity contribution < 1.29 is 4.39 Å². The van der Waals surface area contributed by atoms with Crippen molar-refractivity contribution in [1.82, 2.24) is 19.9 Å². The van der Waals surface area contributed by atoms with Crippen LogP contribution in [-0.2, 0) is 0 Å². The van der Waals surface area contributed by atoms with E-state index < -0.39 is 5.95 Å². The Hall–Kier alpha value is -1.30. The molecule has 6 heteroatoms. The van der Waals surface area contributed by atoms with Gasteiger partial charge >= 0.3 is 0 Å². The summed E-state index contributed by atoms with van der Waals surface area (Å²) in [4.78, 5) is 14.2. The maximum absolute atomic E-state index is 12.9. The van der Waals surface area contributed by atoms with Crippen LogP contribution in [0.2, 0.25) is 0 Å². The van der Waals surface area contributed by atoms with Gasteiger partial charge in [-0.1, -0.05) is 0 Å². The number of aromatic amines is 1. The fraction of sp³-hybridized carbons (Fsp3) is 0. The predicted octanol–water partition coefficient (Wildman–Crippen LogP) is 1.77. The molecule has 0 fully saturated rings. The number of rotatable bonds is 1. The van der Waals surface area contributed by atoms with Crippen molar-refractivity contribution in [3.05, 3.63) is 29.0 Å². The van der Waals surface area contributed by atoms with Gasteiger partial charge in [0.2, 0.25) is 5.95 Å². The number of nitrogens with zero attached hydrogens (tertiary/aromatic N) is 3. The van der Waals surface area contributed by atoms with Crippen molar-refractivity contribution in [2.45, 2.75) is 0 Å². The first-order valence-electron chi connectivity index (χ1n) is 3.45. The highest BCUT2D eigenvalue weighted by molar-refractivity contribution is 9.10. The Morgan fingerprint density at radius 2 is 2.23 bits per heavy atom. The summed E-state index contributed by atoms with van der Waals surface area (Å²) in [5, 5.41) is 0. The Morgan fingerprint density at radius 1 is 1.38 bits per heavy atom. The number of aromatic nitrogens is 4. The highest BCUT2D eigenvalue weighted by Crippen LogP contribution is 2.14. The van der Waals surface area contributed by atoms with Crippen LogP contribution < -0.4 is 0 Å². The van der Waals surface area contributed by atoms with E-state index in [4.69, 9.17) is 0 Å². The first kappa shape index (κ1) is 8.31. The van der Waals surface area contributed by atoms with Crippen LogP contribution in [-0.4, -0.2) is 19.9 Å². The molecule has 0 aromatic carbocycles. The molecule has 0 unspecified atom stereocenters. The molecule has 66 valence electrons. The van der Waals surface area contributed by atoms with Crippen LogP contribution in [0.25, 0.3) is 11.6 Å². The second-order valence-electron chi connectivity index (χ2n) is 2.27. The molecule has 0 saturated heterocycles. The van der Waals surface area contributed by atoms with Crippen LogP contribution in [0, 0.1) is 5.95 Å². The predicted molar refractivity (Wildman–Crippen MR) is 47.3 cm³/mol. The molecule has 0 bridgehead atoms. The molecule has 0 saturated carbocycles. The average molecular weight is 243 g/mol. The van der Waals surface area contributed by atoms with E-state index in [-0.39, 0.29) is 10.3 Å². The fourth-order valence-corrected chi connectivity index (χ4v) is 1.04. The molecule has 2 rings (SSSR count). The Bertz CT molecular complexity index is 414. The quantitative estimate of drug-likeness (QED) is 0.776. The summed E-state index contributed by atoms with van der Waals surface area (Å²) in [6.07, 6.45) is 4.53. The van der Waals surface area contributed by atoms with Gasteiger partial charge in [-0.25, -0.2) is 9.97 Å². The maximum atomic E-state index is 12.9. The number of imidazole rings is 1. The largest absolute Gasteiger partial charge is 0.342 e. The number of H-pyrrole nitrogens is 1. The molecule has 0 aliphatic carbocycles. The average Bonchev–Trinajstić information content (AvgIpc) is 2.62. The zero-order valence-corrected chi connectivity index (χ0v) is 7.92. The molecule has 0 radical (unpaired) electrons. The Morgan fingerprint density at radius 3 is 2.85 bits per heavy atom. The molecule has 2 aromatic rings. The van der Waals surface area contributed by atoms with Crippen molar-refractivity contribution in [2.75, 3.05) is 0 Å². The number of hydrogen-bond donors (Lipinski definition) is 1. The van der Waals surface area contributed by atoms with Gasteiger partial charge in [-0.2, -0.15) is 9.37 Å². The van der Waals surface area contributed by atoms with Crippen LogP contribution >= 0.6 is 15.9 Å². The number of halogens is 2. The summed E-state index contributed by atoms with van der Waals surface area (Å²) in [6.45, 7) is 0. The van der Waals surface area contributed by atoms with E-state index in [0.29, 0.717) is 5.82 Å². The van der Waals surface area contributed by atoms with Crippen molar-refractivity contribution in [2.24, 2.45) is 0 Å². The molecular weight excluding hydrogens is 239 g/mol. The van der Waals surface area contributed by atoms with Crippen LogP contribution in [0.5, 0.6) is 0 Å². The first-order valence-corrected chi connectivity index (χ1v) is 4.24. The van der Waals surface area contributed by atoms with Gasteiger partial charge in [-0.15, -0.1) is 0 Å². The highest BCUT2D eigenvalue weighted by Gasteiger charge is 2.07. The minimum Gasteiger partial charge on any atom is -0.342 e. The number of nitrogens with one attached hydrogen (secondary N) is 1. The van der Waals surface area contributed by atoms with Gasteiger partial charge in [0.1, 0.15) is 0 Å². The van der Waals surface area contributed by atoms with E-state index in [1.807, 2.05) is 0 Å². The van der Waals surface area contributed by atoms with Gasteiger partial charge in [0.05, 0.1) is 4.47 Å². The van der Waals surface area contributed by atoms with Gasteiger partial charge in [0, 0.05) is 18.6 Å². The van der Waals surface area contributed by atoms with Gasteiger partial charge in [0.25, 0.3) is 0 Å². The van der Waals surface area contributed by atoms with E-state index in [9.17, 15) is 4.39 Å². The second-order valence-corrected chi connectivity index (χ2v) is 3.12. The summed E-state index contributed by atoms with van der Waals surface area (Å²) in [5.41, 5.74) is 0. The third kappa shape index (κ3) is 1.57. The van der Waals surface area contributed by atoms with E-state index in [0.717, 1.165) is 0 Å². The molecule has 1 N–H and O–H groups in total. The van der Waals surface area contributed by atoms with Gasteiger partial charge < -0.3 is 4.98 Å². The SMILES string of the molecule is Fc1nc(-c2ncc[nH]2)ncc1Br. The summed E-state index contributed by atoms with van der Waals surface area (Å²) in [5.74, 6) is 0.0958. The zero-order valence-electron chi connectivity index (χ0n) is 6.33. The molecule has 13 heavy (non-hydrogen) atoms. The van der Waals surface area contributed by atoms with Crippen LogP contribution in [0.15, 0.2) is 23.1 Å². The lowest BCUT2D eigenvalue weighted by atomic mass is 10.5. The van der Waals surface area contributed by atoms with Gasteiger partial charge in [-0.05, 0) is 15.9 Å².